The lowest BCUT2D eigenvalue weighted by Crippen LogP contribution is -2.53. The van der Waals surface area contributed by atoms with Crippen molar-refractivity contribution in [3.8, 4) is 0 Å². The summed E-state index contributed by atoms with van der Waals surface area (Å²) in [4.78, 5) is 6.49. The molecule has 0 radical (unpaired) electrons. The van der Waals surface area contributed by atoms with Crippen molar-refractivity contribution in [2.75, 3.05) is 19.6 Å². The second kappa shape index (κ2) is 5.34. The fraction of sp³-hybridized carbons (Fsp3) is 0.643. The van der Waals surface area contributed by atoms with Gasteiger partial charge in [-0.2, -0.15) is 0 Å². The largest absolute Gasteiger partial charge is 0.370 e. The van der Waals surface area contributed by atoms with Crippen LogP contribution in [-0.4, -0.2) is 41.2 Å². The van der Waals surface area contributed by atoms with Gasteiger partial charge >= 0.3 is 0 Å². The molecule has 1 saturated heterocycles. The normalized spacial score (nSPS) is 25.9. The number of pyridine rings is 1. The van der Waals surface area contributed by atoms with Crippen molar-refractivity contribution in [1.82, 2.24) is 9.88 Å². The molecule has 1 aliphatic rings. The molecule has 0 aromatic carbocycles. The molecule has 18 heavy (non-hydrogen) atoms. The van der Waals surface area contributed by atoms with Gasteiger partial charge in [-0.15, -0.1) is 0 Å². The summed E-state index contributed by atoms with van der Waals surface area (Å²) in [6.45, 7) is 8.83. The molecular weight excluding hydrogens is 226 g/mol. The number of morpholine rings is 1. The van der Waals surface area contributed by atoms with Gasteiger partial charge in [-0.05, 0) is 38.5 Å². The average molecular weight is 249 g/mol. The zero-order valence-electron chi connectivity index (χ0n) is 11.5. The molecule has 2 rings (SSSR count). The highest BCUT2D eigenvalue weighted by atomic mass is 16.5. The van der Waals surface area contributed by atoms with Crippen LogP contribution in [0.5, 0.6) is 0 Å². The zero-order valence-corrected chi connectivity index (χ0v) is 11.5. The summed E-state index contributed by atoms with van der Waals surface area (Å²) < 4.78 is 5.94. The highest BCUT2D eigenvalue weighted by molar-refractivity contribution is 5.16. The zero-order chi connectivity index (χ0) is 13.2. The maximum Gasteiger partial charge on any atom is 0.0757 e. The summed E-state index contributed by atoms with van der Waals surface area (Å²) >= 11 is 0. The van der Waals surface area contributed by atoms with E-state index in [2.05, 4.69) is 30.7 Å². The van der Waals surface area contributed by atoms with E-state index in [4.69, 9.17) is 10.5 Å². The van der Waals surface area contributed by atoms with E-state index in [0.29, 0.717) is 6.54 Å². The van der Waals surface area contributed by atoms with E-state index in [-0.39, 0.29) is 17.7 Å². The Bertz CT molecular complexity index is 380. The standard InChI is InChI=1S/C14H23N3O/c1-11-9-17(10-14(2,3)18-11)13(8-15)12-4-6-16-7-5-12/h4-7,11,13H,8-10,15H2,1-3H3. The van der Waals surface area contributed by atoms with Crippen LogP contribution >= 0.6 is 0 Å². The van der Waals surface area contributed by atoms with Gasteiger partial charge in [-0.3, -0.25) is 9.88 Å². The molecule has 1 aliphatic heterocycles. The first-order valence-electron chi connectivity index (χ1n) is 6.54. The molecule has 2 N–H and O–H groups in total. The second-order valence-corrected chi connectivity index (χ2v) is 5.65. The molecule has 0 amide bonds. The van der Waals surface area contributed by atoms with E-state index >= 15 is 0 Å². The van der Waals surface area contributed by atoms with E-state index in [9.17, 15) is 0 Å². The lowest BCUT2D eigenvalue weighted by atomic mass is 10.00. The van der Waals surface area contributed by atoms with E-state index < -0.39 is 0 Å². The first-order chi connectivity index (χ1) is 8.52. The average Bonchev–Trinajstić information content (AvgIpc) is 2.28. The third-order valence-corrected chi connectivity index (χ3v) is 3.35. The third kappa shape index (κ3) is 3.07. The minimum Gasteiger partial charge on any atom is -0.370 e. The first kappa shape index (κ1) is 13.5. The van der Waals surface area contributed by atoms with Gasteiger partial charge in [-0.25, -0.2) is 0 Å². The number of nitrogens with two attached hydrogens (primary N) is 1. The molecule has 2 unspecified atom stereocenters. The summed E-state index contributed by atoms with van der Waals surface area (Å²) in [5, 5.41) is 0. The van der Waals surface area contributed by atoms with Crippen LogP contribution in [0.4, 0.5) is 0 Å². The van der Waals surface area contributed by atoms with Crippen LogP contribution < -0.4 is 5.73 Å². The highest BCUT2D eigenvalue weighted by Crippen LogP contribution is 2.28. The smallest absolute Gasteiger partial charge is 0.0757 e. The van der Waals surface area contributed by atoms with Crippen molar-refractivity contribution in [2.45, 2.75) is 38.5 Å². The SMILES string of the molecule is CC1CN(C(CN)c2ccncc2)CC(C)(C)O1. The summed E-state index contributed by atoms with van der Waals surface area (Å²) in [6, 6.07) is 4.34. The van der Waals surface area contributed by atoms with Crippen molar-refractivity contribution in [3.05, 3.63) is 30.1 Å². The number of ether oxygens (including phenoxy) is 1. The van der Waals surface area contributed by atoms with Crippen LogP contribution in [-0.2, 0) is 4.74 Å². The minimum absolute atomic E-state index is 0.113. The summed E-state index contributed by atoms with van der Waals surface area (Å²) in [7, 11) is 0. The highest BCUT2D eigenvalue weighted by Gasteiger charge is 2.34. The van der Waals surface area contributed by atoms with Crippen molar-refractivity contribution in [1.29, 1.82) is 0 Å². The number of nitrogens with zero attached hydrogens (tertiary/aromatic N) is 2. The maximum atomic E-state index is 5.97. The van der Waals surface area contributed by atoms with E-state index in [1.807, 2.05) is 24.5 Å². The Hall–Kier alpha value is -0.970. The van der Waals surface area contributed by atoms with Crippen molar-refractivity contribution in [3.63, 3.8) is 0 Å². The second-order valence-electron chi connectivity index (χ2n) is 5.65. The van der Waals surface area contributed by atoms with E-state index in [0.717, 1.165) is 13.1 Å². The number of rotatable bonds is 3. The molecule has 0 saturated carbocycles. The lowest BCUT2D eigenvalue weighted by Gasteiger charge is -2.45. The molecule has 0 aliphatic carbocycles. The fourth-order valence-corrected chi connectivity index (χ4v) is 2.82. The van der Waals surface area contributed by atoms with Gasteiger partial charge in [-0.1, -0.05) is 0 Å². The van der Waals surface area contributed by atoms with Gasteiger partial charge in [0.05, 0.1) is 11.7 Å². The molecule has 1 aromatic heterocycles. The lowest BCUT2D eigenvalue weighted by molar-refractivity contribution is -0.137. The Balaban J connectivity index is 2.18. The van der Waals surface area contributed by atoms with Crippen molar-refractivity contribution >= 4 is 0 Å². The summed E-state index contributed by atoms with van der Waals surface area (Å²) in [5.41, 5.74) is 7.09. The summed E-state index contributed by atoms with van der Waals surface area (Å²) in [6.07, 6.45) is 3.89. The molecular formula is C14H23N3O. The van der Waals surface area contributed by atoms with Crippen LogP contribution in [0.3, 0.4) is 0 Å². The van der Waals surface area contributed by atoms with Crippen LogP contribution in [0.25, 0.3) is 0 Å². The topological polar surface area (TPSA) is 51.4 Å². The molecule has 100 valence electrons. The van der Waals surface area contributed by atoms with Gasteiger partial charge in [0.2, 0.25) is 0 Å². The number of hydrogen-bond acceptors (Lipinski definition) is 4. The Morgan fingerprint density at radius 1 is 1.50 bits per heavy atom. The monoisotopic (exact) mass is 249 g/mol. The third-order valence-electron chi connectivity index (χ3n) is 3.35. The van der Waals surface area contributed by atoms with E-state index in [1.54, 1.807) is 0 Å². The molecule has 4 heteroatoms. The maximum absolute atomic E-state index is 5.97. The van der Waals surface area contributed by atoms with Crippen LogP contribution in [0.2, 0.25) is 0 Å². The van der Waals surface area contributed by atoms with Gasteiger partial charge < -0.3 is 10.5 Å². The molecule has 1 aromatic rings. The van der Waals surface area contributed by atoms with Gasteiger partial charge in [0.15, 0.2) is 0 Å². The van der Waals surface area contributed by atoms with Crippen molar-refractivity contribution < 1.29 is 4.74 Å². The molecule has 2 atom stereocenters. The molecule has 1 fully saturated rings. The predicted octanol–water partition coefficient (Wildman–Crippen LogP) is 1.58. The molecule has 0 bridgehead atoms. The summed E-state index contributed by atoms with van der Waals surface area (Å²) in [5.74, 6) is 0. The predicted molar refractivity (Wildman–Crippen MR) is 72.2 cm³/mol. The van der Waals surface area contributed by atoms with Gasteiger partial charge in [0.1, 0.15) is 0 Å². The Labute approximate surface area is 109 Å². The minimum atomic E-state index is -0.113. The molecule has 4 nitrogen and oxygen atoms in total. The van der Waals surface area contributed by atoms with E-state index in [1.165, 1.54) is 5.56 Å². The van der Waals surface area contributed by atoms with Crippen LogP contribution in [0.15, 0.2) is 24.5 Å². The number of hydrogen-bond donors (Lipinski definition) is 1. The Morgan fingerprint density at radius 3 is 2.72 bits per heavy atom. The number of aromatic nitrogens is 1. The van der Waals surface area contributed by atoms with Crippen LogP contribution in [0.1, 0.15) is 32.4 Å². The molecule has 2 heterocycles. The van der Waals surface area contributed by atoms with Gasteiger partial charge in [0, 0.05) is 38.1 Å². The molecule has 0 spiro atoms. The van der Waals surface area contributed by atoms with Crippen molar-refractivity contribution in [2.24, 2.45) is 5.73 Å². The first-order valence-corrected chi connectivity index (χ1v) is 6.54. The quantitative estimate of drug-likeness (QED) is 0.883. The Morgan fingerprint density at radius 2 is 2.17 bits per heavy atom. The van der Waals surface area contributed by atoms with Crippen LogP contribution in [0, 0.1) is 0 Å². The Kier molecular flexibility index (Phi) is 4.00. The fourth-order valence-electron chi connectivity index (χ4n) is 2.82. The van der Waals surface area contributed by atoms with Gasteiger partial charge in [0.25, 0.3) is 0 Å².